The molecular formula is C17H17BrN2O. The van der Waals surface area contributed by atoms with Crippen LogP contribution in [-0.2, 0) is 11.2 Å². The van der Waals surface area contributed by atoms with Crippen LogP contribution in [0.1, 0.15) is 12.5 Å². The third-order valence-corrected chi connectivity index (χ3v) is 4.24. The van der Waals surface area contributed by atoms with Gasteiger partial charge < -0.3 is 10.2 Å². The molecule has 4 heteroatoms. The summed E-state index contributed by atoms with van der Waals surface area (Å²) in [7, 11) is 0. The fourth-order valence-corrected chi connectivity index (χ4v) is 3.21. The third kappa shape index (κ3) is 2.95. The van der Waals surface area contributed by atoms with Crippen molar-refractivity contribution in [1.29, 1.82) is 0 Å². The summed E-state index contributed by atoms with van der Waals surface area (Å²) in [6.45, 7) is 2.39. The number of halogens is 1. The molecule has 3 rings (SSSR count). The number of hydrogen-bond donors (Lipinski definition) is 1. The van der Waals surface area contributed by atoms with Gasteiger partial charge in [-0.15, -0.1) is 0 Å². The minimum Gasteiger partial charge on any atom is -0.376 e. The molecule has 1 atom stereocenters. The van der Waals surface area contributed by atoms with Crippen LogP contribution in [0.4, 0.5) is 11.4 Å². The predicted molar refractivity (Wildman–Crippen MR) is 89.7 cm³/mol. The van der Waals surface area contributed by atoms with Crippen LogP contribution in [0.25, 0.3) is 0 Å². The van der Waals surface area contributed by atoms with Gasteiger partial charge in [0, 0.05) is 21.9 Å². The zero-order valence-electron chi connectivity index (χ0n) is 11.8. The van der Waals surface area contributed by atoms with E-state index in [1.807, 2.05) is 47.4 Å². The zero-order chi connectivity index (χ0) is 14.8. The number of carbonyl (C=O) groups is 1. The van der Waals surface area contributed by atoms with Gasteiger partial charge in [0.05, 0.1) is 6.54 Å². The monoisotopic (exact) mass is 344 g/mol. The molecule has 0 unspecified atom stereocenters. The molecule has 3 nitrogen and oxygen atoms in total. The number of para-hydroxylation sites is 1. The first kappa shape index (κ1) is 14.1. The van der Waals surface area contributed by atoms with Crippen molar-refractivity contribution in [3.8, 4) is 0 Å². The van der Waals surface area contributed by atoms with Crippen molar-refractivity contribution in [3.63, 3.8) is 0 Å². The first-order valence-electron chi connectivity index (χ1n) is 7.04. The molecule has 21 heavy (non-hydrogen) atoms. The summed E-state index contributed by atoms with van der Waals surface area (Å²) in [4.78, 5) is 14.4. The Morgan fingerprint density at radius 3 is 2.90 bits per heavy atom. The summed E-state index contributed by atoms with van der Waals surface area (Å²) in [5.74, 6) is 0.104. The highest BCUT2D eigenvalue weighted by Crippen LogP contribution is 2.31. The van der Waals surface area contributed by atoms with E-state index in [0.29, 0.717) is 6.54 Å². The number of amides is 1. The molecule has 2 aromatic carbocycles. The van der Waals surface area contributed by atoms with Crippen molar-refractivity contribution in [2.45, 2.75) is 19.4 Å². The van der Waals surface area contributed by atoms with Crippen molar-refractivity contribution in [1.82, 2.24) is 0 Å². The second-order valence-electron chi connectivity index (χ2n) is 5.31. The lowest BCUT2D eigenvalue weighted by atomic mass is 10.1. The molecule has 0 spiro atoms. The summed E-state index contributed by atoms with van der Waals surface area (Å²) in [5, 5.41) is 3.19. The Morgan fingerprint density at radius 1 is 1.29 bits per heavy atom. The van der Waals surface area contributed by atoms with Gasteiger partial charge in [-0.1, -0.05) is 40.2 Å². The zero-order valence-corrected chi connectivity index (χ0v) is 13.4. The van der Waals surface area contributed by atoms with Crippen molar-refractivity contribution >= 4 is 33.2 Å². The Kier molecular flexibility index (Phi) is 3.97. The molecule has 2 aromatic rings. The number of anilines is 2. The first-order chi connectivity index (χ1) is 10.1. The molecule has 0 saturated heterocycles. The average Bonchev–Trinajstić information content (AvgIpc) is 2.81. The fourth-order valence-electron chi connectivity index (χ4n) is 2.81. The van der Waals surface area contributed by atoms with Crippen molar-refractivity contribution < 1.29 is 4.79 Å². The highest BCUT2D eigenvalue weighted by atomic mass is 79.9. The molecule has 1 aliphatic rings. The third-order valence-electron chi connectivity index (χ3n) is 3.74. The smallest absolute Gasteiger partial charge is 0.246 e. The van der Waals surface area contributed by atoms with E-state index in [1.165, 1.54) is 5.56 Å². The minimum absolute atomic E-state index is 0.104. The van der Waals surface area contributed by atoms with Crippen LogP contribution in [0.5, 0.6) is 0 Å². The SMILES string of the molecule is C[C@H]1Cc2ccccc2N1C(=O)CNc1cccc(Br)c1. The van der Waals surface area contributed by atoms with Crippen molar-refractivity contribution in [2.24, 2.45) is 0 Å². The second kappa shape index (κ2) is 5.90. The number of nitrogens with zero attached hydrogens (tertiary/aromatic N) is 1. The number of fused-ring (bicyclic) bond motifs is 1. The normalized spacial score (nSPS) is 16.7. The molecule has 1 heterocycles. The maximum absolute atomic E-state index is 12.5. The Morgan fingerprint density at radius 2 is 2.10 bits per heavy atom. The van der Waals surface area contributed by atoms with Gasteiger partial charge in [0.15, 0.2) is 0 Å². The van der Waals surface area contributed by atoms with Crippen LogP contribution in [-0.4, -0.2) is 18.5 Å². The molecule has 1 N–H and O–H groups in total. The molecule has 1 aliphatic heterocycles. The topological polar surface area (TPSA) is 32.3 Å². The summed E-state index contributed by atoms with van der Waals surface area (Å²) in [6, 6.07) is 16.2. The van der Waals surface area contributed by atoms with Crippen LogP contribution < -0.4 is 10.2 Å². The van der Waals surface area contributed by atoms with Crippen LogP contribution in [0.2, 0.25) is 0 Å². The summed E-state index contributed by atoms with van der Waals surface area (Å²) < 4.78 is 1.000. The summed E-state index contributed by atoms with van der Waals surface area (Å²) in [5.41, 5.74) is 3.24. The molecule has 0 fully saturated rings. The standard InChI is InChI=1S/C17H17BrN2O/c1-12-9-13-5-2-3-8-16(13)20(12)17(21)11-19-15-7-4-6-14(18)10-15/h2-8,10,12,19H,9,11H2,1H3/t12-/m0/s1. The van der Waals surface area contributed by atoms with E-state index in [4.69, 9.17) is 0 Å². The van der Waals surface area contributed by atoms with E-state index >= 15 is 0 Å². The summed E-state index contributed by atoms with van der Waals surface area (Å²) >= 11 is 3.43. The van der Waals surface area contributed by atoms with Gasteiger partial charge in [-0.05, 0) is 43.2 Å². The lowest BCUT2D eigenvalue weighted by Crippen LogP contribution is -2.39. The number of benzene rings is 2. The van der Waals surface area contributed by atoms with E-state index in [2.05, 4.69) is 34.2 Å². The lowest BCUT2D eigenvalue weighted by Gasteiger charge is -2.23. The molecule has 0 aromatic heterocycles. The maximum atomic E-state index is 12.5. The number of hydrogen-bond acceptors (Lipinski definition) is 2. The second-order valence-corrected chi connectivity index (χ2v) is 6.23. The van der Waals surface area contributed by atoms with Crippen molar-refractivity contribution in [2.75, 3.05) is 16.8 Å². The maximum Gasteiger partial charge on any atom is 0.246 e. The van der Waals surface area contributed by atoms with Crippen LogP contribution >= 0.6 is 15.9 Å². The Bertz CT molecular complexity index is 671. The fraction of sp³-hybridized carbons (Fsp3) is 0.235. The molecular weight excluding hydrogens is 328 g/mol. The Hall–Kier alpha value is -1.81. The van der Waals surface area contributed by atoms with Gasteiger partial charge >= 0.3 is 0 Å². The number of carbonyl (C=O) groups excluding carboxylic acids is 1. The molecule has 0 radical (unpaired) electrons. The predicted octanol–water partition coefficient (Wildman–Crippen LogP) is 3.84. The molecule has 1 amide bonds. The highest BCUT2D eigenvalue weighted by Gasteiger charge is 2.29. The Labute approximate surface area is 133 Å². The van der Waals surface area contributed by atoms with E-state index in [9.17, 15) is 4.79 Å². The minimum atomic E-state index is 0.104. The number of rotatable bonds is 3. The van der Waals surface area contributed by atoms with Gasteiger partial charge in [-0.3, -0.25) is 4.79 Å². The van der Waals surface area contributed by atoms with E-state index < -0.39 is 0 Å². The van der Waals surface area contributed by atoms with Crippen LogP contribution in [0.15, 0.2) is 53.0 Å². The first-order valence-corrected chi connectivity index (χ1v) is 7.84. The van der Waals surface area contributed by atoms with Gasteiger partial charge in [-0.25, -0.2) is 0 Å². The molecule has 0 saturated carbocycles. The largest absolute Gasteiger partial charge is 0.376 e. The van der Waals surface area contributed by atoms with Gasteiger partial charge in [0.25, 0.3) is 0 Å². The quantitative estimate of drug-likeness (QED) is 0.917. The Balaban J connectivity index is 1.71. The van der Waals surface area contributed by atoms with Crippen molar-refractivity contribution in [3.05, 3.63) is 58.6 Å². The number of nitrogens with one attached hydrogen (secondary N) is 1. The van der Waals surface area contributed by atoms with E-state index in [-0.39, 0.29) is 11.9 Å². The van der Waals surface area contributed by atoms with Gasteiger partial charge in [-0.2, -0.15) is 0 Å². The lowest BCUT2D eigenvalue weighted by molar-refractivity contribution is -0.117. The van der Waals surface area contributed by atoms with E-state index in [1.54, 1.807) is 0 Å². The molecule has 0 aliphatic carbocycles. The van der Waals surface area contributed by atoms with E-state index in [0.717, 1.165) is 22.3 Å². The van der Waals surface area contributed by atoms with Crippen LogP contribution in [0, 0.1) is 0 Å². The van der Waals surface area contributed by atoms with Gasteiger partial charge in [0.1, 0.15) is 0 Å². The molecule has 108 valence electrons. The summed E-state index contributed by atoms with van der Waals surface area (Å²) in [6.07, 6.45) is 0.929. The highest BCUT2D eigenvalue weighted by molar-refractivity contribution is 9.10. The molecule has 0 bridgehead atoms. The van der Waals surface area contributed by atoms with Gasteiger partial charge in [0.2, 0.25) is 5.91 Å². The average molecular weight is 345 g/mol. The van der Waals surface area contributed by atoms with Crippen LogP contribution in [0.3, 0.4) is 0 Å².